The number of hydrogen-bond donors (Lipinski definition) is 1. The van der Waals surface area contributed by atoms with E-state index in [0.717, 1.165) is 11.7 Å². The molecule has 0 spiro atoms. The average molecular weight is 249 g/mol. The maximum atomic E-state index is 9.97. The molecule has 2 unspecified atom stereocenters. The minimum absolute atomic E-state index is 0.353. The van der Waals surface area contributed by atoms with Gasteiger partial charge in [-0.3, -0.25) is 0 Å². The van der Waals surface area contributed by atoms with Gasteiger partial charge in [-0.25, -0.2) is 0 Å². The summed E-state index contributed by atoms with van der Waals surface area (Å²) >= 11 is 0. The van der Waals surface area contributed by atoms with Crippen molar-refractivity contribution in [3.8, 4) is 5.75 Å². The number of benzene rings is 1. The van der Waals surface area contributed by atoms with Crippen LogP contribution in [-0.2, 0) is 0 Å². The van der Waals surface area contributed by atoms with Crippen LogP contribution in [0.1, 0.15) is 19.8 Å². The van der Waals surface area contributed by atoms with Crippen LogP contribution in [0.5, 0.6) is 5.75 Å². The van der Waals surface area contributed by atoms with Gasteiger partial charge >= 0.3 is 0 Å². The van der Waals surface area contributed by atoms with E-state index in [1.54, 1.807) is 0 Å². The van der Waals surface area contributed by atoms with Crippen LogP contribution in [0.15, 0.2) is 30.3 Å². The van der Waals surface area contributed by atoms with Gasteiger partial charge in [0.25, 0.3) is 0 Å². The van der Waals surface area contributed by atoms with Crippen molar-refractivity contribution in [2.45, 2.75) is 31.9 Å². The van der Waals surface area contributed by atoms with E-state index in [9.17, 15) is 5.11 Å². The Hall–Kier alpha value is -1.06. The van der Waals surface area contributed by atoms with E-state index < -0.39 is 6.10 Å². The second-order valence-electron chi connectivity index (χ2n) is 5.30. The molecule has 0 aliphatic heterocycles. The van der Waals surface area contributed by atoms with E-state index in [2.05, 4.69) is 18.9 Å². The van der Waals surface area contributed by atoms with Crippen LogP contribution in [0.2, 0.25) is 0 Å². The van der Waals surface area contributed by atoms with E-state index in [1.165, 1.54) is 12.8 Å². The summed E-state index contributed by atoms with van der Waals surface area (Å²) in [5.41, 5.74) is 0. The van der Waals surface area contributed by atoms with Gasteiger partial charge in [-0.2, -0.15) is 0 Å². The van der Waals surface area contributed by atoms with E-state index >= 15 is 0 Å². The molecule has 1 aromatic carbocycles. The van der Waals surface area contributed by atoms with Crippen molar-refractivity contribution in [2.75, 3.05) is 20.2 Å². The first-order chi connectivity index (χ1) is 8.66. The van der Waals surface area contributed by atoms with E-state index in [0.29, 0.717) is 19.2 Å². The fraction of sp³-hybridized carbons (Fsp3) is 0.600. The molecule has 1 aliphatic carbocycles. The third-order valence-electron chi connectivity index (χ3n) is 3.68. The predicted octanol–water partition coefficient (Wildman–Crippen LogP) is 2.16. The largest absolute Gasteiger partial charge is 0.491 e. The first-order valence-electron chi connectivity index (χ1n) is 6.73. The lowest BCUT2D eigenvalue weighted by atomic mass is 10.2. The molecule has 3 heteroatoms. The first-order valence-corrected chi connectivity index (χ1v) is 6.73. The Bertz CT molecular complexity index is 351. The van der Waals surface area contributed by atoms with Crippen LogP contribution in [-0.4, -0.2) is 42.4 Å². The number of aliphatic hydroxyl groups is 1. The van der Waals surface area contributed by atoms with Crippen LogP contribution in [0, 0.1) is 5.92 Å². The van der Waals surface area contributed by atoms with E-state index in [-0.39, 0.29) is 0 Å². The minimum atomic E-state index is -0.434. The quantitative estimate of drug-likeness (QED) is 0.804. The van der Waals surface area contributed by atoms with Crippen LogP contribution < -0.4 is 4.74 Å². The summed E-state index contributed by atoms with van der Waals surface area (Å²) in [7, 11) is 2.08. The average Bonchev–Trinajstić information content (AvgIpc) is 3.21. The van der Waals surface area contributed by atoms with Gasteiger partial charge in [-0.05, 0) is 44.9 Å². The number of hydrogen-bond acceptors (Lipinski definition) is 3. The smallest absolute Gasteiger partial charge is 0.119 e. The third-order valence-corrected chi connectivity index (χ3v) is 3.68. The summed E-state index contributed by atoms with van der Waals surface area (Å²) in [6, 6.07) is 10.2. The molecule has 0 radical (unpaired) electrons. The van der Waals surface area contributed by atoms with Gasteiger partial charge in [0.05, 0.1) is 0 Å². The van der Waals surface area contributed by atoms with Gasteiger partial charge in [-0.1, -0.05) is 18.2 Å². The van der Waals surface area contributed by atoms with Crippen molar-refractivity contribution in [3.63, 3.8) is 0 Å². The second kappa shape index (κ2) is 6.21. The lowest BCUT2D eigenvalue weighted by Gasteiger charge is -2.26. The topological polar surface area (TPSA) is 32.7 Å². The molecule has 1 aromatic rings. The Morgan fingerprint density at radius 3 is 2.61 bits per heavy atom. The summed E-state index contributed by atoms with van der Waals surface area (Å²) in [5.74, 6) is 1.65. The molecular formula is C15H23NO2. The monoisotopic (exact) mass is 249 g/mol. The zero-order valence-electron chi connectivity index (χ0n) is 11.2. The van der Waals surface area contributed by atoms with Crippen molar-refractivity contribution in [1.29, 1.82) is 0 Å². The number of para-hydroxylation sites is 1. The number of likely N-dealkylation sites (N-methyl/N-ethyl adjacent to an activating group) is 1. The number of nitrogens with zero attached hydrogens (tertiary/aromatic N) is 1. The van der Waals surface area contributed by atoms with Gasteiger partial charge < -0.3 is 14.7 Å². The second-order valence-corrected chi connectivity index (χ2v) is 5.30. The zero-order valence-corrected chi connectivity index (χ0v) is 11.2. The zero-order chi connectivity index (χ0) is 13.0. The SMILES string of the molecule is CC(C1CC1)N(C)CC(O)COc1ccccc1. The molecule has 0 bridgehead atoms. The lowest BCUT2D eigenvalue weighted by Crippen LogP contribution is -2.39. The molecule has 0 saturated heterocycles. The lowest BCUT2D eigenvalue weighted by molar-refractivity contribution is 0.0623. The highest BCUT2D eigenvalue weighted by atomic mass is 16.5. The van der Waals surface area contributed by atoms with Crippen molar-refractivity contribution in [1.82, 2.24) is 4.90 Å². The van der Waals surface area contributed by atoms with Crippen molar-refractivity contribution >= 4 is 0 Å². The summed E-state index contributed by atoms with van der Waals surface area (Å²) in [6.07, 6.45) is 2.24. The Morgan fingerprint density at radius 2 is 2.00 bits per heavy atom. The molecule has 1 N–H and O–H groups in total. The Labute approximate surface area is 109 Å². The van der Waals surface area contributed by atoms with E-state index in [1.807, 2.05) is 30.3 Å². The molecule has 1 fully saturated rings. The minimum Gasteiger partial charge on any atom is -0.491 e. The molecule has 0 amide bonds. The summed E-state index contributed by atoms with van der Waals surface area (Å²) in [5, 5.41) is 9.97. The highest BCUT2D eigenvalue weighted by Crippen LogP contribution is 2.34. The van der Waals surface area contributed by atoms with Gasteiger partial charge in [0, 0.05) is 12.6 Å². The number of rotatable bonds is 7. The standard InChI is InChI=1S/C15H23NO2/c1-12(13-8-9-13)16(2)10-14(17)11-18-15-6-4-3-5-7-15/h3-7,12-14,17H,8-11H2,1-2H3. The molecule has 100 valence electrons. The predicted molar refractivity (Wildman–Crippen MR) is 72.8 cm³/mol. The molecule has 2 rings (SSSR count). The normalized spacial score (nSPS) is 18.7. The summed E-state index contributed by atoms with van der Waals surface area (Å²) in [6.45, 7) is 3.26. The van der Waals surface area contributed by atoms with Crippen molar-refractivity contribution in [2.24, 2.45) is 5.92 Å². The maximum Gasteiger partial charge on any atom is 0.119 e. The molecule has 0 aromatic heterocycles. The van der Waals surface area contributed by atoms with Crippen LogP contribution in [0.25, 0.3) is 0 Å². The van der Waals surface area contributed by atoms with Gasteiger partial charge in [0.2, 0.25) is 0 Å². The molecular weight excluding hydrogens is 226 g/mol. The highest BCUT2D eigenvalue weighted by molar-refractivity contribution is 5.20. The van der Waals surface area contributed by atoms with E-state index in [4.69, 9.17) is 4.74 Å². The van der Waals surface area contributed by atoms with Crippen LogP contribution in [0.4, 0.5) is 0 Å². The first kappa shape index (κ1) is 13.4. The highest BCUT2D eigenvalue weighted by Gasteiger charge is 2.30. The van der Waals surface area contributed by atoms with Crippen molar-refractivity contribution in [3.05, 3.63) is 30.3 Å². The number of aliphatic hydroxyl groups excluding tert-OH is 1. The molecule has 3 nitrogen and oxygen atoms in total. The molecule has 18 heavy (non-hydrogen) atoms. The van der Waals surface area contributed by atoms with Crippen LogP contribution >= 0.6 is 0 Å². The molecule has 1 aliphatic rings. The fourth-order valence-electron chi connectivity index (χ4n) is 2.20. The Balaban J connectivity index is 1.69. The van der Waals surface area contributed by atoms with Gasteiger partial charge in [0.15, 0.2) is 0 Å². The molecule has 0 heterocycles. The van der Waals surface area contributed by atoms with Crippen molar-refractivity contribution < 1.29 is 9.84 Å². The Kier molecular flexibility index (Phi) is 4.61. The Morgan fingerprint density at radius 1 is 1.33 bits per heavy atom. The van der Waals surface area contributed by atoms with Gasteiger partial charge in [0.1, 0.15) is 18.5 Å². The molecule has 1 saturated carbocycles. The van der Waals surface area contributed by atoms with Gasteiger partial charge in [-0.15, -0.1) is 0 Å². The summed E-state index contributed by atoms with van der Waals surface area (Å²) in [4.78, 5) is 2.23. The molecule has 2 atom stereocenters. The fourth-order valence-corrected chi connectivity index (χ4v) is 2.20. The third kappa shape index (κ3) is 4.00. The summed E-state index contributed by atoms with van der Waals surface area (Å²) < 4.78 is 5.55. The maximum absolute atomic E-state index is 9.97. The van der Waals surface area contributed by atoms with Crippen LogP contribution in [0.3, 0.4) is 0 Å². The number of ether oxygens (including phenoxy) is 1.